The molecule has 0 heterocycles. The fourth-order valence-electron chi connectivity index (χ4n) is 1.33. The van der Waals surface area contributed by atoms with E-state index in [1.54, 1.807) is 0 Å². The van der Waals surface area contributed by atoms with Crippen LogP contribution in [0.3, 0.4) is 0 Å². The van der Waals surface area contributed by atoms with Crippen molar-refractivity contribution < 1.29 is 15.2 Å². The molecule has 0 aliphatic rings. The van der Waals surface area contributed by atoms with Crippen LogP contribution in [-0.2, 0) is 9.93 Å². The Morgan fingerprint density at radius 2 is 1.69 bits per heavy atom. The van der Waals surface area contributed by atoms with Gasteiger partial charge in [0.25, 0.3) is 0 Å². The van der Waals surface area contributed by atoms with Crippen LogP contribution in [0.2, 0.25) is 0 Å². The molecule has 80 valence electrons. The van der Waals surface area contributed by atoms with Crippen LogP contribution in [0.5, 0.6) is 0 Å². The maximum atomic E-state index is 7.99. The van der Waals surface area contributed by atoms with Crippen LogP contribution >= 0.6 is 0 Å². The van der Waals surface area contributed by atoms with Crippen molar-refractivity contribution in [1.29, 1.82) is 0 Å². The van der Waals surface area contributed by atoms with E-state index in [0.29, 0.717) is 0 Å². The standard InChI is InChI=1S/C10H22O3/c1-3-4-5-6-7-8-9-10(2)12-13-11/h10-11H,3-9H2,1-2H3. The van der Waals surface area contributed by atoms with E-state index in [-0.39, 0.29) is 6.10 Å². The Bertz CT molecular complexity index is 96.2. The van der Waals surface area contributed by atoms with Gasteiger partial charge in [-0.1, -0.05) is 50.5 Å². The molecule has 0 rings (SSSR count). The second-order valence-electron chi connectivity index (χ2n) is 3.54. The van der Waals surface area contributed by atoms with Crippen LogP contribution in [-0.4, -0.2) is 11.4 Å². The summed E-state index contributed by atoms with van der Waals surface area (Å²) in [6.45, 7) is 4.11. The van der Waals surface area contributed by atoms with Gasteiger partial charge in [0.05, 0.1) is 6.10 Å². The summed E-state index contributed by atoms with van der Waals surface area (Å²) < 4.78 is 0. The molecular weight excluding hydrogens is 168 g/mol. The average molecular weight is 190 g/mol. The zero-order valence-electron chi connectivity index (χ0n) is 8.79. The number of unbranched alkanes of at least 4 members (excludes halogenated alkanes) is 5. The molecule has 0 fully saturated rings. The first kappa shape index (κ1) is 12.9. The Labute approximate surface area is 80.9 Å². The van der Waals surface area contributed by atoms with E-state index in [1.165, 1.54) is 32.1 Å². The van der Waals surface area contributed by atoms with Crippen molar-refractivity contribution >= 4 is 0 Å². The van der Waals surface area contributed by atoms with Gasteiger partial charge >= 0.3 is 0 Å². The highest BCUT2D eigenvalue weighted by Crippen LogP contribution is 2.09. The van der Waals surface area contributed by atoms with Crippen molar-refractivity contribution in [3.8, 4) is 0 Å². The van der Waals surface area contributed by atoms with Crippen LogP contribution in [0.25, 0.3) is 0 Å². The lowest BCUT2D eigenvalue weighted by Crippen LogP contribution is -2.06. The van der Waals surface area contributed by atoms with Gasteiger partial charge in [0.15, 0.2) is 0 Å². The first-order chi connectivity index (χ1) is 6.31. The number of hydrogen-bond donors (Lipinski definition) is 1. The molecule has 0 spiro atoms. The third kappa shape index (κ3) is 9.80. The highest BCUT2D eigenvalue weighted by Gasteiger charge is 2.01. The maximum Gasteiger partial charge on any atom is 0.0933 e. The molecule has 0 aromatic carbocycles. The van der Waals surface area contributed by atoms with E-state index in [4.69, 9.17) is 5.26 Å². The molecule has 3 heteroatoms. The predicted molar refractivity (Wildman–Crippen MR) is 52.3 cm³/mol. The summed E-state index contributed by atoms with van der Waals surface area (Å²) in [4.78, 5) is 4.53. The van der Waals surface area contributed by atoms with Gasteiger partial charge in [0, 0.05) is 0 Å². The van der Waals surface area contributed by atoms with Gasteiger partial charge in [-0.2, -0.15) is 0 Å². The van der Waals surface area contributed by atoms with Gasteiger partial charge < -0.3 is 0 Å². The lowest BCUT2D eigenvalue weighted by Gasteiger charge is -2.07. The molecule has 0 aromatic heterocycles. The molecule has 0 aromatic rings. The normalized spacial score (nSPS) is 13.2. The minimum absolute atomic E-state index is 0.00354. The van der Waals surface area contributed by atoms with Crippen molar-refractivity contribution in [3.63, 3.8) is 0 Å². The molecule has 1 N–H and O–H groups in total. The summed E-state index contributed by atoms with van der Waals surface area (Å²) >= 11 is 0. The van der Waals surface area contributed by atoms with Crippen LogP contribution < -0.4 is 0 Å². The van der Waals surface area contributed by atoms with E-state index in [9.17, 15) is 0 Å². The third-order valence-corrected chi connectivity index (χ3v) is 2.17. The third-order valence-electron chi connectivity index (χ3n) is 2.17. The fourth-order valence-corrected chi connectivity index (χ4v) is 1.33. The summed E-state index contributed by atoms with van der Waals surface area (Å²) in [6.07, 6.45) is 8.61. The second-order valence-corrected chi connectivity index (χ2v) is 3.54. The topological polar surface area (TPSA) is 38.7 Å². The van der Waals surface area contributed by atoms with Crippen LogP contribution in [0.15, 0.2) is 0 Å². The van der Waals surface area contributed by atoms with E-state index in [0.717, 1.165) is 12.8 Å². The average Bonchev–Trinajstić information content (AvgIpc) is 2.11. The Kier molecular flexibility index (Phi) is 9.87. The first-order valence-electron chi connectivity index (χ1n) is 5.28. The van der Waals surface area contributed by atoms with Crippen LogP contribution in [0, 0.1) is 0 Å². The predicted octanol–water partition coefficient (Wildman–Crippen LogP) is 3.55. The lowest BCUT2D eigenvalue weighted by atomic mass is 10.1. The Balaban J connectivity index is 2.97. The molecule has 0 aliphatic heterocycles. The summed E-state index contributed by atoms with van der Waals surface area (Å²) in [7, 11) is 0. The molecule has 0 bridgehead atoms. The Morgan fingerprint density at radius 1 is 1.08 bits per heavy atom. The van der Waals surface area contributed by atoms with Gasteiger partial charge in [-0.3, -0.25) is 0 Å². The maximum absolute atomic E-state index is 7.99. The Hall–Kier alpha value is -0.120. The zero-order valence-corrected chi connectivity index (χ0v) is 8.79. The van der Waals surface area contributed by atoms with Crippen molar-refractivity contribution in [2.45, 2.75) is 64.9 Å². The fraction of sp³-hybridized carbons (Fsp3) is 1.00. The van der Waals surface area contributed by atoms with Crippen LogP contribution in [0.1, 0.15) is 58.8 Å². The van der Waals surface area contributed by atoms with E-state index < -0.39 is 0 Å². The largest absolute Gasteiger partial charge is 0.221 e. The van der Waals surface area contributed by atoms with Crippen molar-refractivity contribution in [1.82, 2.24) is 0 Å². The minimum Gasteiger partial charge on any atom is -0.221 e. The summed E-state index contributed by atoms with van der Waals surface area (Å²) in [5.41, 5.74) is 0. The lowest BCUT2D eigenvalue weighted by molar-refractivity contribution is -0.504. The summed E-state index contributed by atoms with van der Waals surface area (Å²) in [5, 5.41) is 11.6. The van der Waals surface area contributed by atoms with Crippen LogP contribution in [0.4, 0.5) is 0 Å². The molecule has 0 saturated heterocycles. The van der Waals surface area contributed by atoms with Crippen molar-refractivity contribution in [2.75, 3.05) is 0 Å². The number of rotatable bonds is 9. The SMILES string of the molecule is CCCCCCCCC(C)OOO. The van der Waals surface area contributed by atoms with Gasteiger partial charge in [-0.25, -0.2) is 10.1 Å². The molecule has 0 aliphatic carbocycles. The highest BCUT2D eigenvalue weighted by atomic mass is 17.5. The summed E-state index contributed by atoms with van der Waals surface area (Å²) in [5.74, 6) is 0. The van der Waals surface area contributed by atoms with Gasteiger partial charge in [0.2, 0.25) is 0 Å². The molecule has 0 radical (unpaired) electrons. The van der Waals surface area contributed by atoms with Gasteiger partial charge in [-0.15, -0.1) is 0 Å². The van der Waals surface area contributed by atoms with Crippen molar-refractivity contribution in [3.05, 3.63) is 0 Å². The molecule has 1 unspecified atom stereocenters. The monoisotopic (exact) mass is 190 g/mol. The molecule has 0 amide bonds. The van der Waals surface area contributed by atoms with Gasteiger partial charge in [0.1, 0.15) is 0 Å². The quantitative estimate of drug-likeness (QED) is 0.343. The van der Waals surface area contributed by atoms with E-state index in [1.807, 2.05) is 6.92 Å². The van der Waals surface area contributed by atoms with E-state index >= 15 is 0 Å². The smallest absolute Gasteiger partial charge is 0.0933 e. The molecule has 1 atom stereocenters. The molecular formula is C10H22O3. The van der Waals surface area contributed by atoms with E-state index in [2.05, 4.69) is 16.8 Å². The zero-order chi connectivity index (χ0) is 9.94. The number of hydrogen-bond acceptors (Lipinski definition) is 3. The molecule has 0 saturated carbocycles. The Morgan fingerprint density at radius 3 is 2.31 bits per heavy atom. The van der Waals surface area contributed by atoms with Crippen molar-refractivity contribution in [2.24, 2.45) is 0 Å². The highest BCUT2D eigenvalue weighted by molar-refractivity contribution is 4.49. The van der Waals surface area contributed by atoms with Gasteiger partial charge in [-0.05, 0) is 13.3 Å². The molecule has 3 nitrogen and oxygen atoms in total. The second kappa shape index (κ2) is 9.96. The molecule has 13 heavy (non-hydrogen) atoms. The summed E-state index contributed by atoms with van der Waals surface area (Å²) in [6, 6.07) is 0. The minimum atomic E-state index is -0.00354. The first-order valence-corrected chi connectivity index (χ1v) is 5.28.